The van der Waals surface area contributed by atoms with E-state index in [-0.39, 0.29) is 17.5 Å². The Bertz CT molecular complexity index is 736. The first kappa shape index (κ1) is 15.4. The Kier molecular flexibility index (Phi) is 4.23. The maximum atomic E-state index is 13.6. The van der Waals surface area contributed by atoms with Gasteiger partial charge in [0, 0.05) is 12.6 Å². The monoisotopic (exact) mass is 320 g/mol. The molecule has 0 radical (unpaired) electrons. The fourth-order valence-corrected chi connectivity index (χ4v) is 2.85. The number of amides is 2. The van der Waals surface area contributed by atoms with Gasteiger partial charge in [0.1, 0.15) is 17.5 Å². The van der Waals surface area contributed by atoms with Crippen LogP contribution in [0.4, 0.5) is 23.7 Å². The summed E-state index contributed by atoms with van der Waals surface area (Å²) in [6, 6.07) is 8.32. The molecule has 1 heterocycles. The molecule has 1 fully saturated rings. The summed E-state index contributed by atoms with van der Waals surface area (Å²) in [6.45, 7) is 0.496. The summed E-state index contributed by atoms with van der Waals surface area (Å²) in [5.74, 6) is -1.90. The largest absolute Gasteiger partial charge is 0.322 e. The minimum Gasteiger partial charge on any atom is -0.317 e. The topological polar surface area (TPSA) is 32.3 Å². The highest BCUT2D eigenvalue weighted by atomic mass is 19.1. The first-order valence-corrected chi connectivity index (χ1v) is 7.33. The third kappa shape index (κ3) is 3.31. The lowest BCUT2D eigenvalue weighted by atomic mass is 10.0. The maximum Gasteiger partial charge on any atom is 0.322 e. The van der Waals surface area contributed by atoms with Gasteiger partial charge in [-0.25, -0.2) is 18.0 Å². The summed E-state index contributed by atoms with van der Waals surface area (Å²) in [5.41, 5.74) is 0.624. The molecule has 1 aliphatic heterocycles. The van der Waals surface area contributed by atoms with E-state index in [0.29, 0.717) is 24.6 Å². The zero-order valence-electron chi connectivity index (χ0n) is 12.2. The van der Waals surface area contributed by atoms with Crippen molar-refractivity contribution in [3.05, 3.63) is 65.5 Å². The number of halogens is 3. The quantitative estimate of drug-likeness (QED) is 0.870. The van der Waals surface area contributed by atoms with Crippen LogP contribution in [0.1, 0.15) is 24.4 Å². The Hall–Kier alpha value is -2.50. The third-order valence-electron chi connectivity index (χ3n) is 3.92. The van der Waals surface area contributed by atoms with Crippen LogP contribution in [-0.4, -0.2) is 17.5 Å². The smallest absolute Gasteiger partial charge is 0.317 e. The average molecular weight is 320 g/mol. The second-order valence-electron chi connectivity index (χ2n) is 5.46. The van der Waals surface area contributed by atoms with Crippen LogP contribution in [0.25, 0.3) is 0 Å². The molecule has 6 heteroatoms. The lowest BCUT2D eigenvalue weighted by molar-refractivity contribution is 0.207. The van der Waals surface area contributed by atoms with Gasteiger partial charge >= 0.3 is 6.03 Å². The van der Waals surface area contributed by atoms with Crippen molar-refractivity contribution in [1.29, 1.82) is 0 Å². The molecule has 0 saturated carbocycles. The molecule has 2 amide bonds. The van der Waals surface area contributed by atoms with Gasteiger partial charge in [0.15, 0.2) is 0 Å². The van der Waals surface area contributed by atoms with Crippen LogP contribution in [0.3, 0.4) is 0 Å². The molecular weight excluding hydrogens is 305 g/mol. The van der Waals surface area contributed by atoms with Crippen LogP contribution < -0.4 is 5.32 Å². The Labute approximate surface area is 131 Å². The first-order chi connectivity index (χ1) is 11.0. The highest BCUT2D eigenvalue weighted by Crippen LogP contribution is 2.32. The minimum atomic E-state index is -0.833. The van der Waals surface area contributed by atoms with Gasteiger partial charge < -0.3 is 10.2 Å². The summed E-state index contributed by atoms with van der Waals surface area (Å²) >= 11 is 0. The Morgan fingerprint density at radius 3 is 2.61 bits per heavy atom. The number of carbonyl (C=O) groups is 1. The molecule has 120 valence electrons. The van der Waals surface area contributed by atoms with Crippen molar-refractivity contribution >= 4 is 11.7 Å². The summed E-state index contributed by atoms with van der Waals surface area (Å²) in [6.07, 6.45) is 1.49. The van der Waals surface area contributed by atoms with Gasteiger partial charge in [-0.1, -0.05) is 12.1 Å². The van der Waals surface area contributed by atoms with Gasteiger partial charge in [0.25, 0.3) is 0 Å². The molecule has 3 nitrogen and oxygen atoms in total. The Morgan fingerprint density at radius 2 is 1.87 bits per heavy atom. The van der Waals surface area contributed by atoms with Crippen molar-refractivity contribution in [2.75, 3.05) is 11.9 Å². The average Bonchev–Trinajstić information content (AvgIpc) is 2.99. The molecule has 23 heavy (non-hydrogen) atoms. The molecule has 0 aromatic heterocycles. The molecule has 0 spiro atoms. The molecule has 1 aliphatic rings. The van der Waals surface area contributed by atoms with E-state index < -0.39 is 17.7 Å². The van der Waals surface area contributed by atoms with Crippen LogP contribution in [0.5, 0.6) is 0 Å². The van der Waals surface area contributed by atoms with Crippen molar-refractivity contribution in [2.45, 2.75) is 18.9 Å². The second kappa shape index (κ2) is 6.32. The minimum absolute atomic E-state index is 0.0821. The van der Waals surface area contributed by atoms with Gasteiger partial charge in [-0.15, -0.1) is 0 Å². The number of hydrogen-bond acceptors (Lipinski definition) is 1. The first-order valence-electron chi connectivity index (χ1n) is 7.33. The molecule has 1 atom stereocenters. The van der Waals surface area contributed by atoms with Crippen molar-refractivity contribution in [2.24, 2.45) is 0 Å². The summed E-state index contributed by atoms with van der Waals surface area (Å²) in [4.78, 5) is 13.9. The SMILES string of the molecule is O=C(Nc1ccc(F)cc1F)N1CCC[C@H]1c1cccc(F)c1. The van der Waals surface area contributed by atoms with Gasteiger partial charge in [-0.05, 0) is 42.7 Å². The number of rotatable bonds is 2. The fourth-order valence-electron chi connectivity index (χ4n) is 2.85. The van der Waals surface area contributed by atoms with Crippen molar-refractivity contribution in [3.63, 3.8) is 0 Å². The van der Waals surface area contributed by atoms with E-state index in [1.54, 1.807) is 12.1 Å². The number of nitrogens with one attached hydrogen (secondary N) is 1. The van der Waals surface area contributed by atoms with Gasteiger partial charge in [-0.3, -0.25) is 0 Å². The van der Waals surface area contributed by atoms with Gasteiger partial charge in [0.05, 0.1) is 11.7 Å². The normalized spacial score (nSPS) is 17.3. The molecule has 2 aromatic rings. The maximum absolute atomic E-state index is 13.6. The molecule has 1 saturated heterocycles. The number of carbonyl (C=O) groups excluding carboxylic acids is 1. The summed E-state index contributed by atoms with van der Waals surface area (Å²) in [7, 11) is 0. The number of nitrogens with zero attached hydrogens (tertiary/aromatic N) is 1. The van der Waals surface area contributed by atoms with Crippen LogP contribution in [0, 0.1) is 17.5 Å². The van der Waals surface area contributed by atoms with Crippen molar-refractivity contribution < 1.29 is 18.0 Å². The summed E-state index contributed by atoms with van der Waals surface area (Å²) < 4.78 is 39.9. The highest BCUT2D eigenvalue weighted by Gasteiger charge is 2.30. The Balaban J connectivity index is 1.78. The van der Waals surface area contributed by atoms with Gasteiger partial charge in [0.2, 0.25) is 0 Å². The van der Waals surface area contributed by atoms with E-state index in [4.69, 9.17) is 0 Å². The lowest BCUT2D eigenvalue weighted by Crippen LogP contribution is -2.34. The van der Waals surface area contributed by atoms with E-state index in [1.165, 1.54) is 23.1 Å². The zero-order valence-corrected chi connectivity index (χ0v) is 12.2. The zero-order chi connectivity index (χ0) is 16.4. The van der Waals surface area contributed by atoms with Crippen LogP contribution in [0.15, 0.2) is 42.5 Å². The van der Waals surface area contributed by atoms with Crippen LogP contribution >= 0.6 is 0 Å². The van der Waals surface area contributed by atoms with Crippen LogP contribution in [-0.2, 0) is 0 Å². The molecule has 2 aromatic carbocycles. The molecule has 0 unspecified atom stereocenters. The molecule has 0 bridgehead atoms. The number of benzene rings is 2. The number of urea groups is 1. The number of likely N-dealkylation sites (tertiary alicyclic amines) is 1. The van der Waals surface area contributed by atoms with Gasteiger partial charge in [-0.2, -0.15) is 0 Å². The van der Waals surface area contributed by atoms with E-state index in [0.717, 1.165) is 12.5 Å². The van der Waals surface area contributed by atoms with E-state index in [1.807, 2.05) is 0 Å². The van der Waals surface area contributed by atoms with E-state index in [9.17, 15) is 18.0 Å². The molecule has 0 aliphatic carbocycles. The lowest BCUT2D eigenvalue weighted by Gasteiger charge is -2.25. The van der Waals surface area contributed by atoms with E-state index >= 15 is 0 Å². The predicted octanol–water partition coefficient (Wildman–Crippen LogP) is 4.47. The fraction of sp³-hybridized carbons (Fsp3) is 0.235. The molecule has 1 N–H and O–H groups in total. The third-order valence-corrected chi connectivity index (χ3v) is 3.92. The van der Waals surface area contributed by atoms with Crippen molar-refractivity contribution in [1.82, 2.24) is 4.90 Å². The second-order valence-corrected chi connectivity index (χ2v) is 5.46. The Morgan fingerprint density at radius 1 is 1.09 bits per heavy atom. The molecular formula is C17H15F3N2O. The van der Waals surface area contributed by atoms with Crippen LogP contribution in [0.2, 0.25) is 0 Å². The summed E-state index contributed by atoms with van der Waals surface area (Å²) in [5, 5.41) is 2.45. The molecule has 3 rings (SSSR count). The number of hydrogen-bond donors (Lipinski definition) is 1. The highest BCUT2D eigenvalue weighted by molar-refractivity contribution is 5.90. The standard InChI is InChI=1S/C17H15F3N2O/c18-12-4-1-3-11(9-12)16-5-2-8-22(16)17(23)21-15-7-6-13(19)10-14(15)20/h1,3-4,6-7,9-10,16H,2,5,8H2,(H,21,23)/t16-/m0/s1. The van der Waals surface area contributed by atoms with Crippen molar-refractivity contribution in [3.8, 4) is 0 Å². The number of anilines is 1. The van der Waals surface area contributed by atoms with E-state index in [2.05, 4.69) is 5.32 Å². The predicted molar refractivity (Wildman–Crippen MR) is 80.5 cm³/mol.